The molecule has 7 heteroatoms. The summed E-state index contributed by atoms with van der Waals surface area (Å²) in [6.07, 6.45) is 1.84. The molecule has 5 nitrogen and oxygen atoms in total. The zero-order valence-corrected chi connectivity index (χ0v) is 14.0. The van der Waals surface area contributed by atoms with E-state index in [9.17, 15) is 24.6 Å². The van der Waals surface area contributed by atoms with Gasteiger partial charge in [-0.3, -0.25) is 0 Å². The zero-order valence-electron chi connectivity index (χ0n) is 14.0. The van der Waals surface area contributed by atoms with Crippen molar-refractivity contribution in [2.45, 2.75) is 5.92 Å². The van der Waals surface area contributed by atoms with Gasteiger partial charge in [0.2, 0.25) is 0 Å². The van der Waals surface area contributed by atoms with Gasteiger partial charge in [0.1, 0.15) is 6.07 Å². The number of nitrogens with two attached hydrogens (primary N) is 1. The van der Waals surface area contributed by atoms with E-state index in [0.717, 1.165) is 12.1 Å². The molecule has 0 saturated carbocycles. The van der Waals surface area contributed by atoms with Crippen molar-refractivity contribution < 1.29 is 8.78 Å². The van der Waals surface area contributed by atoms with Crippen LogP contribution in [0.25, 0.3) is 0 Å². The van der Waals surface area contributed by atoms with Gasteiger partial charge >= 0.3 is 0 Å². The number of likely N-dealkylation sites (N-methyl/N-ethyl adjacent to an activating group) is 1. The standard InChI is InChI=1S/C19H15F2N5/c1-26-5-4-12-13(7-22)18(25)19(9-23,10-24)17(14(12)8-26)11-2-3-15(20)16(21)6-11/h2-4,6,14,17H,5,8,25H2,1H3/t14-,17+/m1/s1. The van der Waals surface area contributed by atoms with Crippen LogP contribution in [0.5, 0.6) is 0 Å². The Morgan fingerprint density at radius 3 is 2.46 bits per heavy atom. The summed E-state index contributed by atoms with van der Waals surface area (Å²) in [4.78, 5) is 1.97. The second kappa shape index (κ2) is 6.26. The molecule has 26 heavy (non-hydrogen) atoms. The van der Waals surface area contributed by atoms with Crippen molar-refractivity contribution in [3.8, 4) is 18.2 Å². The number of nitriles is 3. The van der Waals surface area contributed by atoms with Crippen LogP contribution in [0.3, 0.4) is 0 Å². The Hall–Kier alpha value is -3.21. The van der Waals surface area contributed by atoms with Gasteiger partial charge in [-0.15, -0.1) is 0 Å². The molecule has 1 aliphatic carbocycles. The molecule has 1 aliphatic heterocycles. The van der Waals surface area contributed by atoms with Crippen molar-refractivity contribution >= 4 is 0 Å². The molecule has 130 valence electrons. The van der Waals surface area contributed by atoms with E-state index in [1.54, 1.807) is 0 Å². The minimum atomic E-state index is -1.84. The third-order valence-corrected chi connectivity index (χ3v) is 5.15. The molecule has 1 aromatic carbocycles. The number of benzene rings is 1. The minimum absolute atomic E-state index is 0.130. The Balaban J connectivity index is 2.34. The van der Waals surface area contributed by atoms with Gasteiger partial charge in [0, 0.05) is 24.9 Å². The molecule has 2 atom stereocenters. The van der Waals surface area contributed by atoms with Crippen LogP contribution in [-0.4, -0.2) is 25.0 Å². The normalized spacial score (nSPS) is 24.7. The van der Waals surface area contributed by atoms with Crippen molar-refractivity contribution in [3.63, 3.8) is 0 Å². The van der Waals surface area contributed by atoms with E-state index in [2.05, 4.69) is 0 Å². The first-order valence-corrected chi connectivity index (χ1v) is 7.96. The summed E-state index contributed by atoms with van der Waals surface area (Å²) in [5.41, 5.74) is 5.23. The Labute approximate surface area is 149 Å². The molecule has 0 bridgehead atoms. The van der Waals surface area contributed by atoms with Gasteiger partial charge < -0.3 is 10.6 Å². The minimum Gasteiger partial charge on any atom is -0.399 e. The van der Waals surface area contributed by atoms with E-state index < -0.39 is 28.9 Å². The molecule has 2 aliphatic rings. The summed E-state index contributed by atoms with van der Waals surface area (Å²) in [5.74, 6) is -3.31. The van der Waals surface area contributed by atoms with Crippen molar-refractivity contribution in [3.05, 3.63) is 58.3 Å². The highest BCUT2D eigenvalue weighted by atomic mass is 19.2. The average molecular weight is 351 g/mol. The molecule has 1 heterocycles. The monoisotopic (exact) mass is 351 g/mol. The van der Waals surface area contributed by atoms with Gasteiger partial charge in [0.05, 0.1) is 23.4 Å². The highest BCUT2D eigenvalue weighted by molar-refractivity contribution is 5.59. The number of rotatable bonds is 1. The number of hydrogen-bond acceptors (Lipinski definition) is 5. The first-order valence-electron chi connectivity index (χ1n) is 7.96. The predicted molar refractivity (Wildman–Crippen MR) is 88.7 cm³/mol. The van der Waals surface area contributed by atoms with Crippen LogP contribution in [-0.2, 0) is 0 Å². The zero-order chi connectivity index (χ0) is 19.1. The summed E-state index contributed by atoms with van der Waals surface area (Å²) in [6.45, 7) is 1.04. The van der Waals surface area contributed by atoms with Crippen molar-refractivity contribution in [2.75, 3.05) is 20.1 Å². The fourth-order valence-corrected chi connectivity index (χ4v) is 3.91. The number of fused-ring (bicyclic) bond motifs is 1. The number of allylic oxidation sites excluding steroid dienone is 2. The Bertz CT molecular complexity index is 944. The number of nitrogens with zero attached hydrogens (tertiary/aromatic N) is 4. The Morgan fingerprint density at radius 1 is 1.19 bits per heavy atom. The third-order valence-electron chi connectivity index (χ3n) is 5.15. The van der Waals surface area contributed by atoms with E-state index in [1.165, 1.54) is 6.07 Å². The quantitative estimate of drug-likeness (QED) is 0.837. The molecular weight excluding hydrogens is 336 g/mol. The Kier molecular flexibility index (Phi) is 4.24. The fourth-order valence-electron chi connectivity index (χ4n) is 3.91. The second-order valence-corrected chi connectivity index (χ2v) is 6.57. The van der Waals surface area contributed by atoms with E-state index in [4.69, 9.17) is 5.73 Å². The molecule has 3 rings (SSSR count). The molecule has 0 saturated heterocycles. The van der Waals surface area contributed by atoms with E-state index in [0.29, 0.717) is 24.2 Å². The Morgan fingerprint density at radius 2 is 1.88 bits per heavy atom. The summed E-state index contributed by atoms with van der Waals surface area (Å²) in [5, 5.41) is 29.2. The van der Waals surface area contributed by atoms with Crippen molar-refractivity contribution in [1.82, 2.24) is 4.90 Å². The molecule has 0 aromatic heterocycles. The molecule has 0 spiro atoms. The summed E-state index contributed by atoms with van der Waals surface area (Å²) in [7, 11) is 1.86. The summed E-state index contributed by atoms with van der Waals surface area (Å²) >= 11 is 0. The van der Waals surface area contributed by atoms with Gasteiger partial charge in [-0.1, -0.05) is 12.1 Å². The average Bonchev–Trinajstić information content (AvgIpc) is 2.63. The van der Waals surface area contributed by atoms with Crippen LogP contribution in [0, 0.1) is 57.0 Å². The maximum Gasteiger partial charge on any atom is 0.191 e. The third kappa shape index (κ3) is 2.36. The predicted octanol–water partition coefficient (Wildman–Crippen LogP) is 2.32. The second-order valence-electron chi connectivity index (χ2n) is 6.57. The molecule has 0 fully saturated rings. The van der Waals surface area contributed by atoms with Gasteiger partial charge in [-0.05, 0) is 30.3 Å². The largest absolute Gasteiger partial charge is 0.399 e. The van der Waals surface area contributed by atoms with Crippen LogP contribution >= 0.6 is 0 Å². The van der Waals surface area contributed by atoms with E-state index >= 15 is 0 Å². The highest BCUT2D eigenvalue weighted by Crippen LogP contribution is 2.54. The smallest absolute Gasteiger partial charge is 0.191 e. The number of hydrogen-bond donors (Lipinski definition) is 1. The van der Waals surface area contributed by atoms with Gasteiger partial charge in [-0.25, -0.2) is 8.78 Å². The maximum absolute atomic E-state index is 13.9. The lowest BCUT2D eigenvalue weighted by Crippen LogP contribution is -2.47. The summed E-state index contributed by atoms with van der Waals surface area (Å²) < 4.78 is 27.3. The molecule has 2 N–H and O–H groups in total. The van der Waals surface area contributed by atoms with Crippen molar-refractivity contribution in [1.29, 1.82) is 15.8 Å². The lowest BCUT2D eigenvalue weighted by atomic mass is 9.58. The van der Waals surface area contributed by atoms with Gasteiger partial charge in [0.15, 0.2) is 17.0 Å². The van der Waals surface area contributed by atoms with Gasteiger partial charge in [-0.2, -0.15) is 15.8 Å². The van der Waals surface area contributed by atoms with E-state index in [1.807, 2.05) is 36.2 Å². The molecule has 0 amide bonds. The lowest BCUT2D eigenvalue weighted by Gasteiger charge is -2.45. The highest BCUT2D eigenvalue weighted by Gasteiger charge is 2.54. The molecule has 0 unspecified atom stereocenters. The molecule has 0 radical (unpaired) electrons. The lowest BCUT2D eigenvalue weighted by molar-refractivity contribution is 0.237. The van der Waals surface area contributed by atoms with Crippen LogP contribution < -0.4 is 5.73 Å². The van der Waals surface area contributed by atoms with Crippen LogP contribution in [0.15, 0.2) is 41.1 Å². The topological polar surface area (TPSA) is 101 Å². The SMILES string of the molecule is CN1CC=C2C(C#N)=C(N)C(C#N)(C#N)[C@@H](c3ccc(F)c(F)c3)[C@@H]2C1. The fraction of sp³-hybridized carbons (Fsp3) is 0.316. The van der Waals surface area contributed by atoms with Crippen LogP contribution in [0.2, 0.25) is 0 Å². The first-order chi connectivity index (χ1) is 12.4. The van der Waals surface area contributed by atoms with Crippen LogP contribution in [0.1, 0.15) is 11.5 Å². The number of halogens is 2. The van der Waals surface area contributed by atoms with Crippen molar-refractivity contribution in [2.24, 2.45) is 17.1 Å². The van der Waals surface area contributed by atoms with Gasteiger partial charge in [0.25, 0.3) is 0 Å². The van der Waals surface area contributed by atoms with Crippen LogP contribution in [0.4, 0.5) is 8.78 Å². The molecular formula is C19H15F2N5. The van der Waals surface area contributed by atoms with E-state index in [-0.39, 0.29) is 11.3 Å². The first kappa shape index (κ1) is 17.6. The summed E-state index contributed by atoms with van der Waals surface area (Å²) in [6, 6.07) is 9.26. The molecule has 1 aromatic rings. The maximum atomic E-state index is 13.9.